The maximum Gasteiger partial charge on any atom is 0.341 e. The third kappa shape index (κ3) is 3.44. The minimum absolute atomic E-state index is 0.0451. The van der Waals surface area contributed by atoms with E-state index in [0.29, 0.717) is 0 Å². The number of esters is 2. The van der Waals surface area contributed by atoms with Gasteiger partial charge in [0.1, 0.15) is 6.61 Å². The predicted molar refractivity (Wildman–Crippen MR) is 59.1 cm³/mol. The highest BCUT2D eigenvalue weighted by atomic mass is 16.6. The number of rotatable bonds is 6. The van der Waals surface area contributed by atoms with Gasteiger partial charge in [0.25, 0.3) is 0 Å². The molecule has 0 N–H and O–H groups in total. The standard InChI is InChI=1S/C11H14N2O4/c1-3-7-17-11(15)9(10(14)16-4-2)13-6-5-12-8-13/h3,5-6,8-9H,1,4,7H2,2H3. The van der Waals surface area contributed by atoms with Crippen molar-refractivity contribution in [3.63, 3.8) is 0 Å². The summed E-state index contributed by atoms with van der Waals surface area (Å²) in [7, 11) is 0. The molecule has 0 spiro atoms. The molecule has 0 aliphatic heterocycles. The molecule has 0 radical (unpaired) electrons. The van der Waals surface area contributed by atoms with E-state index < -0.39 is 18.0 Å². The average Bonchev–Trinajstić information content (AvgIpc) is 2.80. The SMILES string of the molecule is C=CCOC(=O)C(C(=O)OCC)n1ccnc1. The van der Waals surface area contributed by atoms with Crippen molar-refractivity contribution in [1.29, 1.82) is 0 Å². The molecule has 0 aliphatic rings. The molecule has 1 atom stereocenters. The second-order valence-corrected chi connectivity index (χ2v) is 3.08. The first-order valence-corrected chi connectivity index (χ1v) is 5.12. The third-order valence-electron chi connectivity index (χ3n) is 1.90. The first-order chi connectivity index (χ1) is 8.20. The lowest BCUT2D eigenvalue weighted by atomic mass is 10.3. The zero-order valence-electron chi connectivity index (χ0n) is 9.54. The van der Waals surface area contributed by atoms with Crippen LogP contribution < -0.4 is 0 Å². The Morgan fingerprint density at radius 3 is 2.71 bits per heavy atom. The molecule has 1 aromatic heterocycles. The molecule has 0 saturated heterocycles. The van der Waals surface area contributed by atoms with Gasteiger partial charge in [-0.3, -0.25) is 0 Å². The molecule has 0 bridgehead atoms. The van der Waals surface area contributed by atoms with Gasteiger partial charge >= 0.3 is 11.9 Å². The smallest absolute Gasteiger partial charge is 0.341 e. The van der Waals surface area contributed by atoms with E-state index >= 15 is 0 Å². The lowest BCUT2D eigenvalue weighted by Crippen LogP contribution is -2.30. The van der Waals surface area contributed by atoms with Crippen LogP contribution in [0.4, 0.5) is 0 Å². The van der Waals surface area contributed by atoms with Gasteiger partial charge in [-0.15, -0.1) is 0 Å². The number of aromatic nitrogens is 2. The summed E-state index contributed by atoms with van der Waals surface area (Å²) in [5.41, 5.74) is 0. The highest BCUT2D eigenvalue weighted by molar-refractivity contribution is 5.97. The van der Waals surface area contributed by atoms with Gasteiger partial charge in [-0.1, -0.05) is 12.7 Å². The quantitative estimate of drug-likeness (QED) is 0.415. The number of hydrogen-bond acceptors (Lipinski definition) is 5. The van der Waals surface area contributed by atoms with Crippen LogP contribution in [-0.2, 0) is 19.1 Å². The summed E-state index contributed by atoms with van der Waals surface area (Å²) in [6.45, 7) is 5.33. The number of imidazole rings is 1. The van der Waals surface area contributed by atoms with Crippen molar-refractivity contribution in [2.45, 2.75) is 13.0 Å². The summed E-state index contributed by atoms with van der Waals surface area (Å²) in [5, 5.41) is 0. The van der Waals surface area contributed by atoms with Gasteiger partial charge in [-0.05, 0) is 6.92 Å². The molecule has 1 aromatic rings. The Bertz CT molecular complexity index is 386. The van der Waals surface area contributed by atoms with Crippen LogP contribution in [0, 0.1) is 0 Å². The van der Waals surface area contributed by atoms with E-state index in [-0.39, 0.29) is 13.2 Å². The van der Waals surface area contributed by atoms with Crippen LogP contribution in [-0.4, -0.2) is 34.7 Å². The predicted octanol–water partition coefficient (Wildman–Crippen LogP) is 0.716. The van der Waals surface area contributed by atoms with Gasteiger partial charge in [0.05, 0.1) is 12.9 Å². The fourth-order valence-corrected chi connectivity index (χ4v) is 1.20. The lowest BCUT2D eigenvalue weighted by molar-refractivity contribution is -0.159. The Morgan fingerprint density at radius 2 is 2.18 bits per heavy atom. The highest BCUT2D eigenvalue weighted by Crippen LogP contribution is 2.11. The molecule has 0 aliphatic carbocycles. The first-order valence-electron chi connectivity index (χ1n) is 5.12. The van der Waals surface area contributed by atoms with Crippen LogP contribution in [0.25, 0.3) is 0 Å². The number of hydrogen-bond donors (Lipinski definition) is 0. The Kier molecular flexibility index (Phi) is 4.93. The van der Waals surface area contributed by atoms with E-state index in [1.165, 1.54) is 29.4 Å². The van der Waals surface area contributed by atoms with E-state index in [2.05, 4.69) is 11.6 Å². The minimum Gasteiger partial charge on any atom is -0.464 e. The van der Waals surface area contributed by atoms with Crippen LogP contribution in [0.2, 0.25) is 0 Å². The third-order valence-corrected chi connectivity index (χ3v) is 1.90. The van der Waals surface area contributed by atoms with Crippen molar-refractivity contribution >= 4 is 11.9 Å². The van der Waals surface area contributed by atoms with Crippen LogP contribution in [0.1, 0.15) is 13.0 Å². The summed E-state index contributed by atoms with van der Waals surface area (Å²) in [6, 6.07) is -1.16. The van der Waals surface area contributed by atoms with Crippen molar-refractivity contribution in [2.75, 3.05) is 13.2 Å². The lowest BCUT2D eigenvalue weighted by Gasteiger charge is -2.15. The van der Waals surface area contributed by atoms with Crippen molar-refractivity contribution in [3.05, 3.63) is 31.4 Å². The summed E-state index contributed by atoms with van der Waals surface area (Å²) < 4.78 is 11.0. The van der Waals surface area contributed by atoms with E-state index in [1.807, 2.05) is 0 Å². The number of ether oxygens (including phenoxy) is 2. The topological polar surface area (TPSA) is 70.4 Å². The summed E-state index contributed by atoms with van der Waals surface area (Å²) in [6.07, 6.45) is 5.74. The second kappa shape index (κ2) is 6.47. The van der Waals surface area contributed by atoms with E-state index in [9.17, 15) is 9.59 Å². The largest absolute Gasteiger partial charge is 0.464 e. The van der Waals surface area contributed by atoms with Gasteiger partial charge in [0.15, 0.2) is 0 Å². The van der Waals surface area contributed by atoms with Crippen LogP contribution >= 0.6 is 0 Å². The normalized spacial score (nSPS) is 11.6. The number of nitrogens with zero attached hydrogens (tertiary/aromatic N) is 2. The maximum atomic E-state index is 11.7. The highest BCUT2D eigenvalue weighted by Gasteiger charge is 2.30. The van der Waals surface area contributed by atoms with Gasteiger partial charge < -0.3 is 14.0 Å². The first kappa shape index (κ1) is 13.0. The summed E-state index contributed by atoms with van der Waals surface area (Å²) in [5.74, 6) is -1.36. The van der Waals surface area contributed by atoms with Crippen LogP contribution in [0.5, 0.6) is 0 Å². The molecular weight excluding hydrogens is 224 g/mol. The molecule has 17 heavy (non-hydrogen) atoms. The molecule has 6 nitrogen and oxygen atoms in total. The van der Waals surface area contributed by atoms with Crippen molar-refractivity contribution in [2.24, 2.45) is 0 Å². The summed E-state index contributed by atoms with van der Waals surface area (Å²) in [4.78, 5) is 27.1. The average molecular weight is 238 g/mol. The van der Waals surface area contributed by atoms with E-state index in [1.54, 1.807) is 6.92 Å². The Morgan fingerprint density at radius 1 is 1.47 bits per heavy atom. The second-order valence-electron chi connectivity index (χ2n) is 3.08. The zero-order valence-corrected chi connectivity index (χ0v) is 9.54. The van der Waals surface area contributed by atoms with Gasteiger partial charge in [0, 0.05) is 12.4 Å². The number of carbonyl (C=O) groups excluding carboxylic acids is 2. The molecule has 1 unspecified atom stereocenters. The molecule has 0 amide bonds. The molecule has 0 aromatic carbocycles. The van der Waals surface area contributed by atoms with Gasteiger partial charge in [0.2, 0.25) is 6.04 Å². The van der Waals surface area contributed by atoms with Gasteiger partial charge in [-0.25, -0.2) is 14.6 Å². The zero-order chi connectivity index (χ0) is 12.7. The Hall–Kier alpha value is -2.11. The van der Waals surface area contributed by atoms with E-state index in [0.717, 1.165) is 0 Å². The minimum atomic E-state index is -1.16. The maximum absolute atomic E-state index is 11.7. The summed E-state index contributed by atoms with van der Waals surface area (Å²) >= 11 is 0. The molecule has 0 fully saturated rings. The van der Waals surface area contributed by atoms with Crippen LogP contribution in [0.15, 0.2) is 31.4 Å². The molecular formula is C11H14N2O4. The fourth-order valence-electron chi connectivity index (χ4n) is 1.20. The molecule has 0 saturated carbocycles. The van der Waals surface area contributed by atoms with Crippen molar-refractivity contribution in [3.8, 4) is 0 Å². The fraction of sp³-hybridized carbons (Fsp3) is 0.364. The number of carbonyl (C=O) groups is 2. The van der Waals surface area contributed by atoms with Crippen molar-refractivity contribution < 1.29 is 19.1 Å². The molecule has 92 valence electrons. The Balaban J connectivity index is 2.82. The molecule has 1 heterocycles. The van der Waals surface area contributed by atoms with Crippen molar-refractivity contribution in [1.82, 2.24) is 9.55 Å². The monoisotopic (exact) mass is 238 g/mol. The van der Waals surface area contributed by atoms with Gasteiger partial charge in [-0.2, -0.15) is 0 Å². The molecule has 1 rings (SSSR count). The Labute approximate surface area is 98.9 Å². The van der Waals surface area contributed by atoms with E-state index in [4.69, 9.17) is 9.47 Å². The van der Waals surface area contributed by atoms with Crippen LogP contribution in [0.3, 0.4) is 0 Å². The molecule has 6 heteroatoms.